The van der Waals surface area contributed by atoms with Gasteiger partial charge in [0.25, 0.3) is 0 Å². The van der Waals surface area contributed by atoms with Gasteiger partial charge in [0, 0.05) is 16.6 Å². The van der Waals surface area contributed by atoms with Crippen LogP contribution >= 0.6 is 15.9 Å². The molecule has 0 aromatic heterocycles. The monoisotopic (exact) mass is 285 g/mol. The van der Waals surface area contributed by atoms with Crippen LogP contribution in [0.2, 0.25) is 0 Å². The van der Waals surface area contributed by atoms with Gasteiger partial charge in [-0.15, -0.1) is 0 Å². The van der Waals surface area contributed by atoms with E-state index in [0.29, 0.717) is 5.92 Å². The van der Waals surface area contributed by atoms with E-state index >= 15 is 0 Å². The Morgan fingerprint density at radius 2 is 2.19 bits per heavy atom. The Labute approximate surface area is 105 Å². The minimum absolute atomic E-state index is 0.577. The molecule has 0 radical (unpaired) electrons. The van der Waals surface area contributed by atoms with Gasteiger partial charge >= 0.3 is 0 Å². The summed E-state index contributed by atoms with van der Waals surface area (Å²) in [6.45, 7) is 5.29. The molecule has 0 saturated carbocycles. The highest BCUT2D eigenvalue weighted by Gasteiger charge is 2.23. The lowest BCUT2D eigenvalue weighted by atomic mass is 9.93. The maximum absolute atomic E-state index is 13.8. The number of rotatable bonds is 2. The summed E-state index contributed by atoms with van der Waals surface area (Å²) in [6, 6.07) is 6.02. The highest BCUT2D eigenvalue weighted by atomic mass is 79.9. The fourth-order valence-electron chi connectivity index (χ4n) is 2.21. The second-order valence-electron chi connectivity index (χ2n) is 4.90. The van der Waals surface area contributed by atoms with Gasteiger partial charge in [0.2, 0.25) is 0 Å². The van der Waals surface area contributed by atoms with Crippen molar-refractivity contribution in [2.24, 2.45) is 0 Å². The van der Waals surface area contributed by atoms with Crippen LogP contribution in [0.4, 0.5) is 4.39 Å². The molecular formula is C13H17BrFN. The molecule has 1 atom stereocenters. The molecule has 2 rings (SSSR count). The normalized spacial score (nSPS) is 21.4. The quantitative estimate of drug-likeness (QED) is 0.873. The van der Waals surface area contributed by atoms with Gasteiger partial charge < -0.3 is 5.32 Å². The molecule has 1 heterocycles. The van der Waals surface area contributed by atoms with Crippen molar-refractivity contribution < 1.29 is 4.39 Å². The summed E-state index contributed by atoms with van der Waals surface area (Å²) in [5.74, 6) is 0.577. The third kappa shape index (κ3) is 2.46. The van der Waals surface area contributed by atoms with Gasteiger partial charge in [-0.25, -0.2) is 4.39 Å². The van der Waals surface area contributed by atoms with Crippen molar-refractivity contribution in [2.75, 3.05) is 13.1 Å². The van der Waals surface area contributed by atoms with E-state index in [2.05, 4.69) is 33.4 Å². The number of hydrogen-bond donors (Lipinski definition) is 1. The van der Waals surface area contributed by atoms with Crippen LogP contribution in [-0.2, 0) is 5.67 Å². The Morgan fingerprint density at radius 1 is 1.44 bits per heavy atom. The number of hydrogen-bond acceptors (Lipinski definition) is 1. The van der Waals surface area contributed by atoms with Crippen LogP contribution in [0.3, 0.4) is 0 Å². The minimum Gasteiger partial charge on any atom is -0.316 e. The summed E-state index contributed by atoms with van der Waals surface area (Å²) in [6.07, 6.45) is 1.17. The summed E-state index contributed by atoms with van der Waals surface area (Å²) in [7, 11) is 0. The highest BCUT2D eigenvalue weighted by Crippen LogP contribution is 2.34. The van der Waals surface area contributed by atoms with E-state index in [1.807, 2.05) is 6.07 Å². The molecule has 0 spiro atoms. The second kappa shape index (κ2) is 4.46. The molecule has 1 aliphatic rings. The smallest absolute Gasteiger partial charge is 0.131 e. The van der Waals surface area contributed by atoms with Gasteiger partial charge in [-0.3, -0.25) is 0 Å². The lowest BCUT2D eigenvalue weighted by Gasteiger charge is -2.18. The second-order valence-corrected chi connectivity index (χ2v) is 5.76. The molecule has 88 valence electrons. The van der Waals surface area contributed by atoms with E-state index in [1.54, 1.807) is 13.8 Å². The number of halogens is 2. The number of benzene rings is 1. The molecule has 1 aromatic carbocycles. The molecule has 16 heavy (non-hydrogen) atoms. The molecule has 1 aromatic rings. The third-order valence-electron chi connectivity index (χ3n) is 3.17. The molecule has 1 unspecified atom stereocenters. The molecule has 1 N–H and O–H groups in total. The highest BCUT2D eigenvalue weighted by molar-refractivity contribution is 9.10. The predicted molar refractivity (Wildman–Crippen MR) is 68.5 cm³/mol. The molecule has 3 heteroatoms. The Kier molecular flexibility index (Phi) is 3.36. The maximum atomic E-state index is 13.8. The van der Waals surface area contributed by atoms with Crippen molar-refractivity contribution in [2.45, 2.75) is 31.9 Å². The molecule has 1 saturated heterocycles. The van der Waals surface area contributed by atoms with Crippen LogP contribution in [-0.4, -0.2) is 13.1 Å². The van der Waals surface area contributed by atoms with Gasteiger partial charge in [0.05, 0.1) is 0 Å². The zero-order valence-electron chi connectivity index (χ0n) is 9.69. The van der Waals surface area contributed by atoms with Crippen molar-refractivity contribution in [1.29, 1.82) is 0 Å². The van der Waals surface area contributed by atoms with E-state index in [1.165, 1.54) is 12.0 Å². The standard InChI is InChI=1S/C13H17BrFN/c1-13(2,15)11-4-3-9(7-12(11)14)10-5-6-16-8-10/h3-4,7,10,16H,5-6,8H2,1-2H3. The van der Waals surface area contributed by atoms with Crippen LogP contribution in [0.1, 0.15) is 37.3 Å². The van der Waals surface area contributed by atoms with Crippen LogP contribution in [0.5, 0.6) is 0 Å². The average Bonchev–Trinajstić information content (AvgIpc) is 2.68. The first-order chi connectivity index (χ1) is 7.48. The van der Waals surface area contributed by atoms with Gasteiger partial charge in [-0.1, -0.05) is 28.1 Å². The first-order valence-electron chi connectivity index (χ1n) is 5.68. The third-order valence-corrected chi connectivity index (χ3v) is 3.82. The van der Waals surface area contributed by atoms with Gasteiger partial charge in [0.15, 0.2) is 0 Å². The van der Waals surface area contributed by atoms with Crippen LogP contribution in [0, 0.1) is 0 Å². The van der Waals surface area contributed by atoms with Crippen LogP contribution < -0.4 is 5.32 Å². The summed E-state index contributed by atoms with van der Waals surface area (Å²) in [5, 5.41) is 3.35. The Bertz CT molecular complexity index is 378. The SMILES string of the molecule is CC(C)(F)c1ccc(C2CCNC2)cc1Br. The van der Waals surface area contributed by atoms with Crippen molar-refractivity contribution in [3.63, 3.8) is 0 Å². The molecular weight excluding hydrogens is 269 g/mol. The molecule has 1 nitrogen and oxygen atoms in total. The Balaban J connectivity index is 2.29. The van der Waals surface area contributed by atoms with E-state index in [0.717, 1.165) is 23.1 Å². The van der Waals surface area contributed by atoms with E-state index in [4.69, 9.17) is 0 Å². The Morgan fingerprint density at radius 3 is 2.69 bits per heavy atom. The summed E-state index contributed by atoms with van der Waals surface area (Å²) >= 11 is 3.47. The van der Waals surface area contributed by atoms with E-state index < -0.39 is 5.67 Å². The topological polar surface area (TPSA) is 12.0 Å². The predicted octanol–water partition coefficient (Wildman–Crippen LogP) is 3.73. The largest absolute Gasteiger partial charge is 0.316 e. The molecule has 1 fully saturated rings. The summed E-state index contributed by atoms with van der Waals surface area (Å²) in [4.78, 5) is 0. The van der Waals surface area contributed by atoms with Crippen molar-refractivity contribution in [1.82, 2.24) is 5.32 Å². The van der Waals surface area contributed by atoms with E-state index in [9.17, 15) is 4.39 Å². The molecule has 0 amide bonds. The number of alkyl halides is 1. The number of nitrogens with one attached hydrogen (secondary N) is 1. The summed E-state index contributed by atoms with van der Waals surface area (Å²) in [5.41, 5.74) is 0.734. The van der Waals surface area contributed by atoms with Gasteiger partial charge in [-0.2, -0.15) is 0 Å². The first kappa shape index (κ1) is 12.1. The zero-order valence-corrected chi connectivity index (χ0v) is 11.3. The lowest BCUT2D eigenvalue weighted by molar-refractivity contribution is 0.220. The first-order valence-corrected chi connectivity index (χ1v) is 6.47. The summed E-state index contributed by atoms with van der Waals surface area (Å²) < 4.78 is 14.7. The Hall–Kier alpha value is -0.410. The maximum Gasteiger partial charge on any atom is 0.131 e. The van der Waals surface area contributed by atoms with Crippen LogP contribution in [0.25, 0.3) is 0 Å². The van der Waals surface area contributed by atoms with Crippen molar-refractivity contribution >= 4 is 15.9 Å². The van der Waals surface area contributed by atoms with Crippen molar-refractivity contribution in [3.8, 4) is 0 Å². The lowest BCUT2D eigenvalue weighted by Crippen LogP contribution is -2.11. The van der Waals surface area contributed by atoms with E-state index in [-0.39, 0.29) is 0 Å². The molecule has 1 aliphatic heterocycles. The van der Waals surface area contributed by atoms with Gasteiger partial charge in [-0.05, 0) is 44.4 Å². The van der Waals surface area contributed by atoms with Gasteiger partial charge in [0.1, 0.15) is 5.67 Å². The average molecular weight is 286 g/mol. The zero-order chi connectivity index (χ0) is 11.8. The van der Waals surface area contributed by atoms with Crippen molar-refractivity contribution in [3.05, 3.63) is 33.8 Å². The minimum atomic E-state index is -1.29. The molecule has 0 aliphatic carbocycles. The fourth-order valence-corrected chi connectivity index (χ4v) is 3.07. The molecule has 0 bridgehead atoms. The van der Waals surface area contributed by atoms with Crippen LogP contribution in [0.15, 0.2) is 22.7 Å². The fraction of sp³-hybridized carbons (Fsp3) is 0.538.